The number of phenols is 1. The van der Waals surface area contributed by atoms with Crippen molar-refractivity contribution in [2.75, 3.05) is 13.7 Å². The molecular weight excluding hydrogens is 308 g/mol. The van der Waals surface area contributed by atoms with Crippen LogP contribution >= 0.6 is 0 Å². The van der Waals surface area contributed by atoms with Crippen molar-refractivity contribution in [2.45, 2.75) is 13.5 Å². The van der Waals surface area contributed by atoms with Crippen LogP contribution < -0.4 is 4.74 Å². The third kappa shape index (κ3) is 4.74. The molecule has 126 valence electrons. The molecule has 0 spiro atoms. The molecule has 0 aliphatic rings. The van der Waals surface area contributed by atoms with E-state index >= 15 is 0 Å². The van der Waals surface area contributed by atoms with Crippen LogP contribution in [0.3, 0.4) is 0 Å². The van der Waals surface area contributed by atoms with Crippen molar-refractivity contribution >= 4 is 12.0 Å². The summed E-state index contributed by atoms with van der Waals surface area (Å²) >= 11 is 0. The van der Waals surface area contributed by atoms with Crippen molar-refractivity contribution in [1.29, 1.82) is 0 Å². The smallest absolute Gasteiger partial charge is 0.330 e. The molecule has 24 heavy (non-hydrogen) atoms. The normalized spacial score (nSPS) is 11.2. The van der Waals surface area contributed by atoms with Gasteiger partial charge in [0.25, 0.3) is 0 Å². The minimum atomic E-state index is -0.383. The number of hydrogen-bond donors (Lipinski definition) is 1. The Morgan fingerprint density at radius 2 is 2.21 bits per heavy atom. The number of aromatic hydroxyl groups is 1. The summed E-state index contributed by atoms with van der Waals surface area (Å²) in [5.41, 5.74) is 1.55. The highest BCUT2D eigenvalue weighted by molar-refractivity contribution is 5.82. The Kier molecular flexibility index (Phi) is 6.19. The molecule has 0 bridgehead atoms. The van der Waals surface area contributed by atoms with Crippen LogP contribution in [0, 0.1) is 0 Å². The van der Waals surface area contributed by atoms with Gasteiger partial charge in [0.2, 0.25) is 0 Å². The van der Waals surface area contributed by atoms with E-state index in [4.69, 9.17) is 9.47 Å². The summed E-state index contributed by atoms with van der Waals surface area (Å²) in [6.45, 7) is 2.58. The molecule has 0 unspecified atom stereocenters. The van der Waals surface area contributed by atoms with Crippen molar-refractivity contribution in [2.24, 2.45) is 0 Å². The molecule has 2 aromatic rings. The lowest BCUT2D eigenvalue weighted by molar-refractivity contribution is -0.137. The summed E-state index contributed by atoms with van der Waals surface area (Å²) in [5.74, 6) is 0.110. The largest absolute Gasteiger partial charge is 0.504 e. The number of benzene rings is 1. The van der Waals surface area contributed by atoms with E-state index in [0.29, 0.717) is 24.5 Å². The number of hydrogen-bond acceptors (Lipinski definition) is 5. The first-order valence-corrected chi connectivity index (χ1v) is 7.51. The maximum Gasteiger partial charge on any atom is 0.330 e. The second-order valence-corrected chi connectivity index (χ2v) is 4.94. The number of imidazole rings is 1. The van der Waals surface area contributed by atoms with Gasteiger partial charge < -0.3 is 19.1 Å². The molecular formula is C18H20N2O4. The zero-order chi connectivity index (χ0) is 17.4. The summed E-state index contributed by atoms with van der Waals surface area (Å²) < 4.78 is 11.9. The second kappa shape index (κ2) is 8.57. The molecule has 0 amide bonds. The van der Waals surface area contributed by atoms with Gasteiger partial charge in [-0.3, -0.25) is 0 Å². The van der Waals surface area contributed by atoms with Crippen molar-refractivity contribution in [1.82, 2.24) is 9.55 Å². The lowest BCUT2D eigenvalue weighted by atomic mass is 10.1. The van der Waals surface area contributed by atoms with Crippen molar-refractivity contribution in [3.63, 3.8) is 0 Å². The average molecular weight is 328 g/mol. The summed E-state index contributed by atoms with van der Waals surface area (Å²) in [4.78, 5) is 15.2. The van der Waals surface area contributed by atoms with Gasteiger partial charge in [0.1, 0.15) is 0 Å². The first-order valence-electron chi connectivity index (χ1n) is 7.51. The van der Waals surface area contributed by atoms with Crippen LogP contribution in [0.4, 0.5) is 0 Å². The van der Waals surface area contributed by atoms with Gasteiger partial charge in [-0.15, -0.1) is 0 Å². The zero-order valence-corrected chi connectivity index (χ0v) is 13.7. The minimum absolute atomic E-state index is 0.102. The van der Waals surface area contributed by atoms with E-state index in [9.17, 15) is 9.90 Å². The summed E-state index contributed by atoms with van der Waals surface area (Å²) in [6.07, 6.45) is 11.7. The molecule has 1 aromatic carbocycles. The van der Waals surface area contributed by atoms with Crippen LogP contribution in [0.5, 0.6) is 11.5 Å². The first kappa shape index (κ1) is 17.3. The Bertz CT molecular complexity index is 734. The highest BCUT2D eigenvalue weighted by Gasteiger charge is 2.10. The van der Waals surface area contributed by atoms with Gasteiger partial charge in [0.15, 0.2) is 11.5 Å². The number of carbonyl (C=O) groups is 1. The fourth-order valence-corrected chi connectivity index (χ4v) is 2.13. The molecule has 6 heteroatoms. The standard InChI is InChI=1S/C18H20N2O4/c1-3-24-17(21)7-5-4-6-14-10-15(12-20-9-8-19-13-20)18(22)16(11-14)23-2/h4-11,13,22H,3,12H2,1-2H3. The van der Waals surface area contributed by atoms with E-state index in [-0.39, 0.29) is 11.7 Å². The van der Waals surface area contributed by atoms with Gasteiger partial charge in [0, 0.05) is 24.0 Å². The van der Waals surface area contributed by atoms with Gasteiger partial charge in [-0.25, -0.2) is 9.78 Å². The van der Waals surface area contributed by atoms with E-state index in [1.54, 1.807) is 37.7 Å². The van der Waals surface area contributed by atoms with Gasteiger partial charge >= 0.3 is 5.97 Å². The molecule has 0 aliphatic heterocycles. The summed E-state index contributed by atoms with van der Waals surface area (Å²) in [7, 11) is 1.50. The maximum absolute atomic E-state index is 11.2. The average Bonchev–Trinajstić information content (AvgIpc) is 3.07. The van der Waals surface area contributed by atoms with Gasteiger partial charge in [-0.05, 0) is 24.6 Å². The Morgan fingerprint density at radius 1 is 1.38 bits per heavy atom. The summed E-state index contributed by atoms with van der Waals surface area (Å²) in [6, 6.07) is 3.58. The number of rotatable bonds is 7. The van der Waals surface area contributed by atoms with Crippen molar-refractivity contribution in [3.8, 4) is 11.5 Å². The molecule has 1 heterocycles. The van der Waals surface area contributed by atoms with Gasteiger partial charge in [-0.2, -0.15) is 0 Å². The SMILES string of the molecule is CCOC(=O)C=CC=Cc1cc(Cn2ccnc2)c(O)c(OC)c1. The molecule has 1 aromatic heterocycles. The van der Waals surface area contributed by atoms with Crippen LogP contribution in [0.25, 0.3) is 6.08 Å². The molecule has 0 radical (unpaired) electrons. The number of aromatic nitrogens is 2. The fourth-order valence-electron chi connectivity index (χ4n) is 2.13. The topological polar surface area (TPSA) is 73.6 Å². The van der Waals surface area contributed by atoms with E-state index < -0.39 is 0 Å². The number of carbonyl (C=O) groups excluding carboxylic acids is 1. The Morgan fingerprint density at radius 3 is 2.88 bits per heavy atom. The number of ether oxygens (including phenoxy) is 2. The Labute approximate surface area is 140 Å². The highest BCUT2D eigenvalue weighted by atomic mass is 16.5. The number of esters is 1. The van der Waals surface area contributed by atoms with Crippen LogP contribution in [-0.4, -0.2) is 34.3 Å². The number of methoxy groups -OCH3 is 1. The van der Waals surface area contributed by atoms with Crippen molar-refractivity contribution in [3.05, 3.63) is 60.2 Å². The lowest BCUT2D eigenvalue weighted by Crippen LogP contribution is -1.99. The summed E-state index contributed by atoms with van der Waals surface area (Å²) in [5, 5.41) is 10.3. The maximum atomic E-state index is 11.2. The molecule has 6 nitrogen and oxygen atoms in total. The van der Waals surface area contributed by atoms with E-state index in [1.807, 2.05) is 22.9 Å². The van der Waals surface area contributed by atoms with Crippen LogP contribution in [-0.2, 0) is 16.1 Å². The zero-order valence-electron chi connectivity index (χ0n) is 13.7. The quantitative estimate of drug-likeness (QED) is 0.481. The van der Waals surface area contributed by atoms with Crippen molar-refractivity contribution < 1.29 is 19.4 Å². The van der Waals surface area contributed by atoms with E-state index in [1.165, 1.54) is 13.2 Å². The molecule has 0 saturated carbocycles. The van der Waals surface area contributed by atoms with E-state index in [0.717, 1.165) is 5.56 Å². The molecule has 1 N–H and O–H groups in total. The predicted octanol–water partition coefficient (Wildman–Crippen LogP) is 2.78. The highest BCUT2D eigenvalue weighted by Crippen LogP contribution is 2.32. The third-order valence-electron chi connectivity index (χ3n) is 3.23. The molecule has 0 saturated heterocycles. The van der Waals surface area contributed by atoms with Crippen LogP contribution in [0.2, 0.25) is 0 Å². The number of allylic oxidation sites excluding steroid dienone is 2. The number of phenolic OH excluding ortho intramolecular Hbond substituents is 1. The first-order chi connectivity index (χ1) is 11.6. The molecule has 2 rings (SSSR count). The lowest BCUT2D eigenvalue weighted by Gasteiger charge is -2.11. The van der Waals surface area contributed by atoms with Gasteiger partial charge in [0.05, 0.1) is 26.6 Å². The molecule has 0 atom stereocenters. The third-order valence-corrected chi connectivity index (χ3v) is 3.23. The Hall–Kier alpha value is -3.02. The Balaban J connectivity index is 2.19. The minimum Gasteiger partial charge on any atom is -0.504 e. The van der Waals surface area contributed by atoms with Crippen LogP contribution in [0.1, 0.15) is 18.1 Å². The van der Waals surface area contributed by atoms with E-state index in [2.05, 4.69) is 4.98 Å². The predicted molar refractivity (Wildman–Crippen MR) is 90.8 cm³/mol. The van der Waals surface area contributed by atoms with Gasteiger partial charge in [-0.1, -0.05) is 18.2 Å². The second-order valence-electron chi connectivity index (χ2n) is 4.94. The number of nitrogens with zero attached hydrogens (tertiary/aromatic N) is 2. The molecule has 0 fully saturated rings. The molecule has 0 aliphatic carbocycles. The van der Waals surface area contributed by atoms with Crippen LogP contribution in [0.15, 0.2) is 49.1 Å². The monoisotopic (exact) mass is 328 g/mol. The fraction of sp³-hybridized carbons (Fsp3) is 0.222.